The molecule has 0 spiro atoms. The standard InChI is InChI=1S/C11H21N5O/c1-11(2,10(12)15-17)4-5-13-8-9-14-6-7-16(9)3/h6-7,13,17H,4-5,8H2,1-3H3,(H2,12,15). The molecule has 6 heteroatoms. The third-order valence-electron chi connectivity index (χ3n) is 2.93. The molecule has 0 amide bonds. The molecule has 1 heterocycles. The van der Waals surface area contributed by atoms with E-state index in [1.54, 1.807) is 6.20 Å². The molecule has 1 aromatic heterocycles. The number of imidazole rings is 1. The van der Waals surface area contributed by atoms with E-state index in [1.807, 2.05) is 31.7 Å². The van der Waals surface area contributed by atoms with Gasteiger partial charge in [-0.2, -0.15) is 0 Å². The van der Waals surface area contributed by atoms with E-state index in [-0.39, 0.29) is 11.3 Å². The Labute approximate surface area is 102 Å². The maximum Gasteiger partial charge on any atom is 0.144 e. The quantitative estimate of drug-likeness (QED) is 0.224. The van der Waals surface area contributed by atoms with E-state index >= 15 is 0 Å². The summed E-state index contributed by atoms with van der Waals surface area (Å²) in [6.07, 6.45) is 4.49. The number of hydrogen-bond donors (Lipinski definition) is 3. The molecular weight excluding hydrogens is 218 g/mol. The number of oxime groups is 1. The van der Waals surface area contributed by atoms with Crippen molar-refractivity contribution in [2.45, 2.75) is 26.8 Å². The molecule has 0 aliphatic rings. The van der Waals surface area contributed by atoms with E-state index in [9.17, 15) is 0 Å². The molecule has 0 unspecified atom stereocenters. The first-order chi connectivity index (χ1) is 7.97. The first-order valence-electron chi connectivity index (χ1n) is 5.62. The first-order valence-corrected chi connectivity index (χ1v) is 5.62. The lowest BCUT2D eigenvalue weighted by atomic mass is 9.88. The SMILES string of the molecule is Cn1ccnc1CNCCC(C)(C)C(N)=NO. The zero-order chi connectivity index (χ0) is 12.9. The van der Waals surface area contributed by atoms with Gasteiger partial charge in [0, 0.05) is 24.9 Å². The number of rotatable bonds is 6. The molecule has 0 radical (unpaired) electrons. The van der Waals surface area contributed by atoms with E-state index in [2.05, 4.69) is 15.5 Å². The van der Waals surface area contributed by atoms with Crippen LogP contribution in [0.2, 0.25) is 0 Å². The van der Waals surface area contributed by atoms with Crippen LogP contribution in [0.5, 0.6) is 0 Å². The van der Waals surface area contributed by atoms with Crippen LogP contribution in [0.3, 0.4) is 0 Å². The molecule has 0 atom stereocenters. The molecule has 0 saturated carbocycles. The van der Waals surface area contributed by atoms with Gasteiger partial charge in [0.05, 0.1) is 6.54 Å². The van der Waals surface area contributed by atoms with Crippen LogP contribution in [0.15, 0.2) is 17.5 Å². The van der Waals surface area contributed by atoms with Crippen molar-refractivity contribution in [1.82, 2.24) is 14.9 Å². The number of hydrogen-bond acceptors (Lipinski definition) is 4. The summed E-state index contributed by atoms with van der Waals surface area (Å²) < 4.78 is 1.97. The Kier molecular flexibility index (Phi) is 4.51. The highest BCUT2D eigenvalue weighted by Crippen LogP contribution is 2.19. The lowest BCUT2D eigenvalue weighted by Gasteiger charge is -2.22. The summed E-state index contributed by atoms with van der Waals surface area (Å²) in [5, 5.41) is 15.0. The number of aryl methyl sites for hydroxylation is 1. The maximum atomic E-state index is 8.64. The summed E-state index contributed by atoms with van der Waals surface area (Å²) in [5.41, 5.74) is 5.31. The molecule has 1 rings (SSSR count). The summed E-state index contributed by atoms with van der Waals surface area (Å²) in [6, 6.07) is 0. The smallest absolute Gasteiger partial charge is 0.144 e. The second-order valence-corrected chi connectivity index (χ2v) is 4.75. The van der Waals surface area contributed by atoms with E-state index in [4.69, 9.17) is 10.9 Å². The molecule has 1 aromatic rings. The molecular formula is C11H21N5O. The minimum Gasteiger partial charge on any atom is -0.409 e. The fraction of sp³-hybridized carbons (Fsp3) is 0.636. The fourth-order valence-electron chi connectivity index (χ4n) is 1.43. The van der Waals surface area contributed by atoms with Gasteiger partial charge < -0.3 is 20.8 Å². The zero-order valence-electron chi connectivity index (χ0n) is 10.6. The Morgan fingerprint density at radius 3 is 2.88 bits per heavy atom. The van der Waals surface area contributed by atoms with E-state index in [0.717, 1.165) is 25.3 Å². The van der Waals surface area contributed by atoms with Gasteiger partial charge >= 0.3 is 0 Å². The van der Waals surface area contributed by atoms with Crippen molar-refractivity contribution in [2.75, 3.05) is 6.54 Å². The number of amidine groups is 1. The predicted octanol–water partition coefficient (Wildman–Crippen LogP) is 0.672. The molecule has 0 saturated heterocycles. The Balaban J connectivity index is 2.32. The lowest BCUT2D eigenvalue weighted by Crippen LogP contribution is -2.34. The van der Waals surface area contributed by atoms with Crippen LogP contribution in [0.1, 0.15) is 26.1 Å². The highest BCUT2D eigenvalue weighted by molar-refractivity contribution is 5.85. The Bertz CT molecular complexity index is 383. The van der Waals surface area contributed by atoms with Crippen molar-refractivity contribution in [1.29, 1.82) is 0 Å². The number of nitrogens with one attached hydrogen (secondary N) is 1. The topological polar surface area (TPSA) is 88.5 Å². The van der Waals surface area contributed by atoms with Gasteiger partial charge in [0.25, 0.3) is 0 Å². The van der Waals surface area contributed by atoms with Crippen molar-refractivity contribution in [3.8, 4) is 0 Å². The van der Waals surface area contributed by atoms with Gasteiger partial charge in [-0.25, -0.2) is 4.98 Å². The predicted molar refractivity (Wildman–Crippen MR) is 66.7 cm³/mol. The van der Waals surface area contributed by atoms with Gasteiger partial charge in [0.15, 0.2) is 0 Å². The van der Waals surface area contributed by atoms with Crippen LogP contribution in [-0.4, -0.2) is 27.1 Å². The Hall–Kier alpha value is -1.56. The molecule has 0 aliphatic heterocycles. The van der Waals surface area contributed by atoms with Gasteiger partial charge in [-0.1, -0.05) is 19.0 Å². The van der Waals surface area contributed by atoms with Gasteiger partial charge in [-0.3, -0.25) is 0 Å². The third-order valence-corrected chi connectivity index (χ3v) is 2.93. The second-order valence-electron chi connectivity index (χ2n) is 4.75. The van der Waals surface area contributed by atoms with E-state index in [0.29, 0.717) is 0 Å². The van der Waals surface area contributed by atoms with Crippen molar-refractivity contribution in [3.05, 3.63) is 18.2 Å². The van der Waals surface area contributed by atoms with Gasteiger partial charge in [-0.15, -0.1) is 0 Å². The van der Waals surface area contributed by atoms with Crippen molar-refractivity contribution < 1.29 is 5.21 Å². The zero-order valence-corrected chi connectivity index (χ0v) is 10.6. The highest BCUT2D eigenvalue weighted by Gasteiger charge is 2.22. The summed E-state index contributed by atoms with van der Waals surface area (Å²) in [6.45, 7) is 5.40. The second kappa shape index (κ2) is 5.67. The first kappa shape index (κ1) is 13.5. The van der Waals surface area contributed by atoms with Gasteiger partial charge in [0.2, 0.25) is 0 Å². The normalized spacial score (nSPS) is 13.0. The number of aromatic nitrogens is 2. The van der Waals surface area contributed by atoms with Crippen LogP contribution in [0.25, 0.3) is 0 Å². The lowest BCUT2D eigenvalue weighted by molar-refractivity contribution is 0.305. The van der Waals surface area contributed by atoms with Crippen LogP contribution in [0.4, 0.5) is 0 Å². The minimum absolute atomic E-state index is 0.260. The van der Waals surface area contributed by atoms with Crippen molar-refractivity contribution in [3.63, 3.8) is 0 Å². The molecule has 0 bridgehead atoms. The monoisotopic (exact) mass is 239 g/mol. The summed E-state index contributed by atoms with van der Waals surface area (Å²) in [4.78, 5) is 4.21. The largest absolute Gasteiger partial charge is 0.409 e. The highest BCUT2D eigenvalue weighted by atomic mass is 16.4. The minimum atomic E-state index is -0.302. The summed E-state index contributed by atoms with van der Waals surface area (Å²) >= 11 is 0. The van der Waals surface area contributed by atoms with Crippen molar-refractivity contribution in [2.24, 2.45) is 23.4 Å². The van der Waals surface area contributed by atoms with Crippen LogP contribution >= 0.6 is 0 Å². The molecule has 6 nitrogen and oxygen atoms in total. The molecule has 96 valence electrons. The molecule has 0 aromatic carbocycles. The molecule has 0 fully saturated rings. The Morgan fingerprint density at radius 1 is 1.65 bits per heavy atom. The number of nitrogens with two attached hydrogens (primary N) is 1. The third kappa shape index (κ3) is 3.74. The van der Waals surface area contributed by atoms with Crippen molar-refractivity contribution >= 4 is 5.84 Å². The maximum absolute atomic E-state index is 8.64. The fourth-order valence-corrected chi connectivity index (χ4v) is 1.43. The van der Waals surface area contributed by atoms with E-state index in [1.165, 1.54) is 0 Å². The van der Waals surface area contributed by atoms with Crippen LogP contribution < -0.4 is 11.1 Å². The number of nitrogens with zero attached hydrogens (tertiary/aromatic N) is 3. The summed E-state index contributed by atoms with van der Waals surface area (Å²) in [5.74, 6) is 1.25. The van der Waals surface area contributed by atoms with Gasteiger partial charge in [-0.05, 0) is 13.0 Å². The average Bonchev–Trinajstić information content (AvgIpc) is 2.69. The van der Waals surface area contributed by atoms with Gasteiger partial charge in [0.1, 0.15) is 11.7 Å². The van der Waals surface area contributed by atoms with Crippen LogP contribution in [-0.2, 0) is 13.6 Å². The Morgan fingerprint density at radius 2 is 2.35 bits per heavy atom. The summed E-state index contributed by atoms with van der Waals surface area (Å²) in [7, 11) is 1.96. The van der Waals surface area contributed by atoms with Crippen LogP contribution in [0, 0.1) is 5.41 Å². The molecule has 17 heavy (non-hydrogen) atoms. The molecule has 4 N–H and O–H groups in total. The molecule has 0 aliphatic carbocycles. The van der Waals surface area contributed by atoms with E-state index < -0.39 is 0 Å². The average molecular weight is 239 g/mol.